The van der Waals surface area contributed by atoms with Crippen LogP contribution in [0.2, 0.25) is 0 Å². The molecule has 0 fully saturated rings. The van der Waals surface area contributed by atoms with Crippen LogP contribution in [0.15, 0.2) is 48.5 Å². The topological polar surface area (TPSA) is 77.8 Å². The molecule has 3 N–H and O–H groups in total. The summed E-state index contributed by atoms with van der Waals surface area (Å²) in [6, 6.07) is 14.7. The highest BCUT2D eigenvalue weighted by atomic mass is 16.5. The summed E-state index contributed by atoms with van der Waals surface area (Å²) >= 11 is 0. The monoisotopic (exact) mass is 370 g/mol. The van der Waals surface area contributed by atoms with E-state index >= 15 is 0 Å². The van der Waals surface area contributed by atoms with E-state index < -0.39 is 12.3 Å². The van der Waals surface area contributed by atoms with Gasteiger partial charge in [-0.3, -0.25) is 0 Å². The van der Waals surface area contributed by atoms with Crippen LogP contribution in [-0.4, -0.2) is 21.3 Å². The molecule has 146 valence electrons. The molecule has 2 rings (SSSR count). The number of unbranched alkanes of at least 4 members (excludes halogenated alkanes) is 6. The lowest BCUT2D eigenvalue weighted by Gasteiger charge is -2.06. The van der Waals surface area contributed by atoms with Crippen LogP contribution >= 0.6 is 0 Å². The van der Waals surface area contributed by atoms with Crippen molar-refractivity contribution in [3.8, 4) is 0 Å². The van der Waals surface area contributed by atoms with Gasteiger partial charge in [0.1, 0.15) is 0 Å². The molecule has 0 atom stereocenters. The zero-order chi connectivity index (χ0) is 19.5. The summed E-state index contributed by atoms with van der Waals surface area (Å²) in [6.07, 6.45) is 9.17. The van der Waals surface area contributed by atoms with Gasteiger partial charge in [0, 0.05) is 5.56 Å². The predicted octanol–water partition coefficient (Wildman–Crippen LogP) is 4.88. The molecule has 0 aliphatic carbocycles. The second kappa shape index (κ2) is 11.5. The summed E-state index contributed by atoms with van der Waals surface area (Å²) in [4.78, 5) is 10.8. The summed E-state index contributed by atoms with van der Waals surface area (Å²) in [6.45, 7) is 0. The van der Waals surface area contributed by atoms with E-state index in [-0.39, 0.29) is 0 Å². The minimum absolute atomic E-state index is 0.348. The van der Waals surface area contributed by atoms with Crippen molar-refractivity contribution in [2.24, 2.45) is 0 Å². The number of hydrogen-bond donors (Lipinski definition) is 3. The second-order valence-corrected chi connectivity index (χ2v) is 7.09. The quantitative estimate of drug-likeness (QED) is 0.367. The van der Waals surface area contributed by atoms with Gasteiger partial charge in [-0.2, -0.15) is 0 Å². The van der Waals surface area contributed by atoms with Gasteiger partial charge in [-0.05, 0) is 48.9 Å². The molecule has 4 heteroatoms. The molecule has 0 unspecified atom stereocenters. The second-order valence-electron chi connectivity index (χ2n) is 7.09. The van der Waals surface area contributed by atoms with Crippen molar-refractivity contribution in [3.05, 3.63) is 70.8 Å². The molecule has 0 saturated heterocycles. The maximum atomic E-state index is 10.8. The summed E-state index contributed by atoms with van der Waals surface area (Å²) in [5.74, 6) is -0.873. The van der Waals surface area contributed by atoms with Gasteiger partial charge in [0.15, 0.2) is 6.29 Å². The number of aromatic carboxylic acids is 1. The summed E-state index contributed by atoms with van der Waals surface area (Å²) in [5, 5.41) is 27.0. The number of carboxylic acid groups (broad SMARTS) is 1. The summed E-state index contributed by atoms with van der Waals surface area (Å²) in [7, 11) is 0. The molecule has 27 heavy (non-hydrogen) atoms. The fourth-order valence-electron chi connectivity index (χ4n) is 3.21. The fraction of sp³-hybridized carbons (Fsp3) is 0.435. The molecule has 0 radical (unpaired) electrons. The zero-order valence-electron chi connectivity index (χ0n) is 15.8. The van der Waals surface area contributed by atoms with E-state index in [0.29, 0.717) is 11.1 Å². The largest absolute Gasteiger partial charge is 0.478 e. The average molecular weight is 370 g/mol. The van der Waals surface area contributed by atoms with Gasteiger partial charge in [-0.25, -0.2) is 4.79 Å². The van der Waals surface area contributed by atoms with Crippen LogP contribution in [-0.2, 0) is 12.8 Å². The van der Waals surface area contributed by atoms with Gasteiger partial charge in [0.2, 0.25) is 0 Å². The van der Waals surface area contributed by atoms with Crippen LogP contribution in [0, 0.1) is 0 Å². The molecule has 2 aromatic rings. The highest BCUT2D eigenvalue weighted by Crippen LogP contribution is 2.15. The number of carbonyl (C=O) groups is 1. The first-order valence-corrected chi connectivity index (χ1v) is 9.83. The number of hydrogen-bond acceptors (Lipinski definition) is 3. The molecular weight excluding hydrogens is 340 g/mol. The molecular formula is C23H30O4. The Bertz CT molecular complexity index is 675. The lowest BCUT2D eigenvalue weighted by atomic mass is 10.0. The normalized spacial score (nSPS) is 11.1. The SMILES string of the molecule is O=C(O)c1ccc(CCCCCCCCCc2ccc(C(O)O)cc2)cc1. The molecule has 0 amide bonds. The van der Waals surface area contributed by atoms with Crippen LogP contribution in [0.25, 0.3) is 0 Å². The molecule has 0 aliphatic rings. The van der Waals surface area contributed by atoms with E-state index in [4.69, 9.17) is 15.3 Å². The Balaban J connectivity index is 1.48. The maximum Gasteiger partial charge on any atom is 0.335 e. The Morgan fingerprint density at radius 1 is 0.667 bits per heavy atom. The van der Waals surface area contributed by atoms with E-state index in [0.717, 1.165) is 25.7 Å². The van der Waals surface area contributed by atoms with Crippen LogP contribution in [0.5, 0.6) is 0 Å². The van der Waals surface area contributed by atoms with Gasteiger partial charge in [-0.1, -0.05) is 68.5 Å². The minimum Gasteiger partial charge on any atom is -0.478 e. The van der Waals surface area contributed by atoms with Gasteiger partial charge in [-0.15, -0.1) is 0 Å². The fourth-order valence-corrected chi connectivity index (χ4v) is 3.21. The van der Waals surface area contributed by atoms with Crippen molar-refractivity contribution in [1.82, 2.24) is 0 Å². The number of benzene rings is 2. The zero-order valence-corrected chi connectivity index (χ0v) is 15.8. The Morgan fingerprint density at radius 2 is 1.07 bits per heavy atom. The minimum atomic E-state index is -1.39. The summed E-state index contributed by atoms with van der Waals surface area (Å²) in [5.41, 5.74) is 3.34. The van der Waals surface area contributed by atoms with E-state index in [1.807, 2.05) is 24.3 Å². The van der Waals surface area contributed by atoms with Gasteiger partial charge in [0.25, 0.3) is 0 Å². The first-order chi connectivity index (χ1) is 13.1. The third-order valence-corrected chi connectivity index (χ3v) is 4.91. The lowest BCUT2D eigenvalue weighted by Crippen LogP contribution is -1.96. The Morgan fingerprint density at radius 3 is 1.48 bits per heavy atom. The molecule has 2 aromatic carbocycles. The van der Waals surface area contributed by atoms with Gasteiger partial charge in [0.05, 0.1) is 5.56 Å². The van der Waals surface area contributed by atoms with E-state index in [1.54, 1.807) is 24.3 Å². The van der Waals surface area contributed by atoms with E-state index in [1.165, 1.54) is 43.2 Å². The number of rotatable bonds is 12. The van der Waals surface area contributed by atoms with Crippen molar-refractivity contribution in [1.29, 1.82) is 0 Å². The van der Waals surface area contributed by atoms with Crippen LogP contribution in [0.4, 0.5) is 0 Å². The molecule has 0 spiro atoms. The van der Waals surface area contributed by atoms with Crippen molar-refractivity contribution in [3.63, 3.8) is 0 Å². The maximum absolute atomic E-state index is 10.8. The van der Waals surface area contributed by atoms with E-state index in [9.17, 15) is 4.79 Å². The Labute approximate surface area is 161 Å². The summed E-state index contributed by atoms with van der Waals surface area (Å²) < 4.78 is 0. The van der Waals surface area contributed by atoms with Crippen molar-refractivity contribution < 1.29 is 20.1 Å². The Hall–Kier alpha value is -2.17. The first kappa shape index (κ1) is 21.1. The smallest absolute Gasteiger partial charge is 0.335 e. The number of aryl methyl sites for hydroxylation is 2. The van der Waals surface area contributed by atoms with Crippen LogP contribution < -0.4 is 0 Å². The third-order valence-electron chi connectivity index (χ3n) is 4.91. The van der Waals surface area contributed by atoms with Crippen LogP contribution in [0.3, 0.4) is 0 Å². The number of aliphatic hydroxyl groups is 2. The molecule has 0 saturated carbocycles. The van der Waals surface area contributed by atoms with Gasteiger partial charge >= 0.3 is 5.97 Å². The van der Waals surface area contributed by atoms with Crippen molar-refractivity contribution >= 4 is 5.97 Å². The predicted molar refractivity (Wildman–Crippen MR) is 107 cm³/mol. The molecule has 0 bridgehead atoms. The van der Waals surface area contributed by atoms with Gasteiger partial charge < -0.3 is 15.3 Å². The highest BCUT2D eigenvalue weighted by Gasteiger charge is 2.03. The standard InChI is InChI=1S/C23H30O4/c24-22(25)20-14-10-18(11-15-20)8-6-4-2-1-3-5-7-9-19-12-16-21(17-13-19)23(26)27/h10-17,22,24-25H,1-9H2,(H,26,27). The third kappa shape index (κ3) is 7.94. The highest BCUT2D eigenvalue weighted by molar-refractivity contribution is 5.87. The molecule has 0 aliphatic heterocycles. The molecule has 0 heterocycles. The van der Waals surface area contributed by atoms with Crippen molar-refractivity contribution in [2.45, 2.75) is 64.1 Å². The van der Waals surface area contributed by atoms with Crippen molar-refractivity contribution in [2.75, 3.05) is 0 Å². The van der Waals surface area contributed by atoms with E-state index in [2.05, 4.69) is 0 Å². The lowest BCUT2D eigenvalue weighted by molar-refractivity contribution is -0.0424. The van der Waals surface area contributed by atoms with Crippen LogP contribution in [0.1, 0.15) is 78.3 Å². The number of carboxylic acids is 1. The Kier molecular flexibility index (Phi) is 9.02. The molecule has 4 nitrogen and oxygen atoms in total. The number of aliphatic hydroxyl groups excluding tert-OH is 1. The first-order valence-electron chi connectivity index (χ1n) is 9.83. The average Bonchev–Trinajstić information content (AvgIpc) is 2.67. The molecule has 0 aromatic heterocycles.